The van der Waals surface area contributed by atoms with E-state index >= 15 is 0 Å². The molecule has 1 saturated heterocycles. The van der Waals surface area contributed by atoms with Crippen LogP contribution in [0.4, 0.5) is 5.69 Å². The molecule has 0 radical (unpaired) electrons. The minimum Gasteiger partial charge on any atom is -0.321 e. The number of anilines is 1. The number of carbonyl (C=O) groups excluding carboxylic acids is 1. The molecule has 0 saturated carbocycles. The molecule has 1 aliphatic heterocycles. The van der Waals surface area contributed by atoms with Crippen LogP contribution in [-0.2, 0) is 0 Å². The second kappa shape index (κ2) is 6.85. The average Bonchev–Trinajstić information content (AvgIpc) is 2.57. The molecule has 2 N–H and O–H groups in total. The Balaban J connectivity index is 1.65. The first kappa shape index (κ1) is 14.9. The van der Waals surface area contributed by atoms with Crippen LogP contribution in [0.3, 0.4) is 0 Å². The van der Waals surface area contributed by atoms with E-state index in [0.717, 1.165) is 18.8 Å². The lowest BCUT2D eigenvalue weighted by atomic mass is 9.92. The fourth-order valence-electron chi connectivity index (χ4n) is 2.60. The fraction of sp³-hybridized carbons (Fsp3) is 0.312. The fourth-order valence-corrected chi connectivity index (χ4v) is 2.70. The Bertz CT molecular complexity index is 636. The molecule has 22 heavy (non-hydrogen) atoms. The lowest BCUT2D eigenvalue weighted by Crippen LogP contribution is -2.28. The SMILES string of the molecule is O=C(Nc1ccc(C2CCCNC2)cc1)c1cnc(Cl)cn1. The predicted molar refractivity (Wildman–Crippen MR) is 86.3 cm³/mol. The molecule has 1 aromatic carbocycles. The Morgan fingerprint density at radius 2 is 2.05 bits per heavy atom. The van der Waals surface area contributed by atoms with Gasteiger partial charge in [-0.2, -0.15) is 0 Å². The zero-order valence-electron chi connectivity index (χ0n) is 12.1. The lowest BCUT2D eigenvalue weighted by Gasteiger charge is -2.23. The normalized spacial score (nSPS) is 18.0. The first-order valence-electron chi connectivity index (χ1n) is 7.32. The Hall–Kier alpha value is -1.98. The summed E-state index contributed by atoms with van der Waals surface area (Å²) in [6.07, 6.45) is 5.13. The van der Waals surface area contributed by atoms with Crippen LogP contribution in [0.15, 0.2) is 36.7 Å². The molecule has 0 bridgehead atoms. The van der Waals surface area contributed by atoms with Crippen LogP contribution >= 0.6 is 11.6 Å². The van der Waals surface area contributed by atoms with Gasteiger partial charge in [-0.05, 0) is 43.0 Å². The van der Waals surface area contributed by atoms with E-state index in [1.54, 1.807) is 0 Å². The van der Waals surface area contributed by atoms with Gasteiger partial charge in [-0.1, -0.05) is 23.7 Å². The molecule has 1 fully saturated rings. The average molecular weight is 317 g/mol. The number of nitrogens with one attached hydrogen (secondary N) is 2. The maximum Gasteiger partial charge on any atom is 0.275 e. The van der Waals surface area contributed by atoms with Crippen molar-refractivity contribution in [2.45, 2.75) is 18.8 Å². The third-order valence-corrected chi connectivity index (χ3v) is 3.98. The summed E-state index contributed by atoms with van der Waals surface area (Å²) in [7, 11) is 0. The number of hydrogen-bond acceptors (Lipinski definition) is 4. The molecule has 1 unspecified atom stereocenters. The van der Waals surface area contributed by atoms with Gasteiger partial charge in [-0.25, -0.2) is 9.97 Å². The second-order valence-corrected chi connectivity index (χ2v) is 5.73. The molecule has 1 atom stereocenters. The highest BCUT2D eigenvalue weighted by atomic mass is 35.5. The van der Waals surface area contributed by atoms with Gasteiger partial charge in [0.2, 0.25) is 0 Å². The van der Waals surface area contributed by atoms with Crippen LogP contribution in [0.2, 0.25) is 5.15 Å². The van der Waals surface area contributed by atoms with Crippen molar-refractivity contribution in [3.05, 3.63) is 53.1 Å². The van der Waals surface area contributed by atoms with E-state index in [1.165, 1.54) is 30.8 Å². The first-order chi connectivity index (χ1) is 10.7. The Morgan fingerprint density at radius 3 is 2.68 bits per heavy atom. The van der Waals surface area contributed by atoms with Gasteiger partial charge in [0.05, 0.1) is 12.4 Å². The molecule has 114 valence electrons. The third kappa shape index (κ3) is 3.61. The highest BCUT2D eigenvalue weighted by Crippen LogP contribution is 2.24. The number of rotatable bonds is 3. The van der Waals surface area contributed by atoms with E-state index in [2.05, 4.69) is 32.7 Å². The Morgan fingerprint density at radius 1 is 1.23 bits per heavy atom. The summed E-state index contributed by atoms with van der Waals surface area (Å²) in [4.78, 5) is 19.8. The van der Waals surface area contributed by atoms with Crippen molar-refractivity contribution in [3.8, 4) is 0 Å². The van der Waals surface area contributed by atoms with Crippen molar-refractivity contribution in [2.24, 2.45) is 0 Å². The minimum absolute atomic E-state index is 0.241. The zero-order chi connectivity index (χ0) is 15.4. The highest BCUT2D eigenvalue weighted by Gasteiger charge is 2.15. The summed E-state index contributed by atoms with van der Waals surface area (Å²) < 4.78 is 0. The van der Waals surface area contributed by atoms with Crippen molar-refractivity contribution >= 4 is 23.2 Å². The summed E-state index contributed by atoms with van der Waals surface area (Å²) in [6, 6.07) is 7.98. The van der Waals surface area contributed by atoms with Crippen molar-refractivity contribution in [3.63, 3.8) is 0 Å². The van der Waals surface area contributed by atoms with Crippen LogP contribution in [-0.4, -0.2) is 29.0 Å². The number of amides is 1. The lowest BCUT2D eigenvalue weighted by molar-refractivity contribution is 0.102. The monoisotopic (exact) mass is 316 g/mol. The largest absolute Gasteiger partial charge is 0.321 e. The molecule has 2 heterocycles. The van der Waals surface area contributed by atoms with Gasteiger partial charge in [-0.3, -0.25) is 4.79 Å². The molecule has 0 aliphatic carbocycles. The van der Waals surface area contributed by atoms with Crippen molar-refractivity contribution in [1.29, 1.82) is 0 Å². The van der Waals surface area contributed by atoms with Gasteiger partial charge in [0, 0.05) is 12.2 Å². The summed E-state index contributed by atoms with van der Waals surface area (Å²) in [5.41, 5.74) is 2.29. The van der Waals surface area contributed by atoms with Crippen molar-refractivity contribution < 1.29 is 4.79 Å². The Kier molecular flexibility index (Phi) is 4.65. The third-order valence-electron chi connectivity index (χ3n) is 3.79. The Labute approximate surface area is 134 Å². The van der Waals surface area contributed by atoms with E-state index in [-0.39, 0.29) is 16.8 Å². The smallest absolute Gasteiger partial charge is 0.275 e. The molecular formula is C16H17ClN4O. The van der Waals surface area contributed by atoms with Gasteiger partial charge in [0.1, 0.15) is 10.8 Å². The number of carbonyl (C=O) groups is 1. The predicted octanol–water partition coefficient (Wildman–Crippen LogP) is 2.85. The van der Waals surface area contributed by atoms with Gasteiger partial charge in [0.15, 0.2) is 0 Å². The molecule has 0 spiro atoms. The van der Waals surface area contributed by atoms with E-state index in [0.29, 0.717) is 5.92 Å². The molecule has 2 aromatic rings. The summed E-state index contributed by atoms with van der Waals surface area (Å²) in [5, 5.41) is 6.48. The number of halogens is 1. The van der Waals surface area contributed by atoms with Crippen LogP contribution < -0.4 is 10.6 Å². The summed E-state index contributed by atoms with van der Waals surface area (Å²) >= 11 is 5.66. The van der Waals surface area contributed by atoms with Gasteiger partial charge < -0.3 is 10.6 Å². The maximum absolute atomic E-state index is 12.0. The number of piperidine rings is 1. The maximum atomic E-state index is 12.0. The number of aromatic nitrogens is 2. The summed E-state index contributed by atoms with van der Waals surface area (Å²) in [5.74, 6) is 0.261. The second-order valence-electron chi connectivity index (χ2n) is 5.34. The van der Waals surface area contributed by atoms with Gasteiger partial charge >= 0.3 is 0 Å². The molecular weight excluding hydrogens is 300 g/mol. The molecule has 1 aliphatic rings. The topological polar surface area (TPSA) is 66.9 Å². The van der Waals surface area contributed by atoms with Crippen molar-refractivity contribution in [1.82, 2.24) is 15.3 Å². The van der Waals surface area contributed by atoms with Crippen LogP contribution in [0.25, 0.3) is 0 Å². The van der Waals surface area contributed by atoms with Crippen LogP contribution in [0, 0.1) is 0 Å². The molecule has 1 amide bonds. The quantitative estimate of drug-likeness (QED) is 0.913. The van der Waals surface area contributed by atoms with E-state index in [9.17, 15) is 4.79 Å². The summed E-state index contributed by atoms with van der Waals surface area (Å²) in [6.45, 7) is 2.12. The van der Waals surface area contributed by atoms with E-state index in [4.69, 9.17) is 11.6 Å². The number of hydrogen-bond donors (Lipinski definition) is 2. The van der Waals surface area contributed by atoms with Crippen LogP contribution in [0.5, 0.6) is 0 Å². The van der Waals surface area contributed by atoms with E-state index in [1.807, 2.05) is 12.1 Å². The van der Waals surface area contributed by atoms with Gasteiger partial charge in [0.25, 0.3) is 5.91 Å². The van der Waals surface area contributed by atoms with Gasteiger partial charge in [-0.15, -0.1) is 0 Å². The van der Waals surface area contributed by atoms with Crippen molar-refractivity contribution in [2.75, 3.05) is 18.4 Å². The first-order valence-corrected chi connectivity index (χ1v) is 7.70. The molecule has 1 aromatic heterocycles. The number of benzene rings is 1. The molecule has 3 rings (SSSR count). The molecule has 5 nitrogen and oxygen atoms in total. The highest BCUT2D eigenvalue weighted by molar-refractivity contribution is 6.29. The van der Waals surface area contributed by atoms with E-state index < -0.39 is 0 Å². The number of nitrogens with zero attached hydrogens (tertiary/aromatic N) is 2. The molecule has 6 heteroatoms. The standard InChI is InChI=1S/C16H17ClN4O/c17-15-10-19-14(9-20-15)16(22)21-13-5-3-11(4-6-13)12-2-1-7-18-8-12/h3-6,9-10,12,18H,1-2,7-8H2,(H,21,22). The minimum atomic E-state index is -0.295. The van der Waals surface area contributed by atoms with Crippen LogP contribution in [0.1, 0.15) is 34.8 Å². The zero-order valence-corrected chi connectivity index (χ0v) is 12.8.